The number of carboxylic acids is 1. The Morgan fingerprint density at radius 1 is 0.907 bits per heavy atom. The number of amides is 3. The summed E-state index contributed by atoms with van der Waals surface area (Å²) in [5.41, 5.74) is 2.69. The van der Waals surface area contributed by atoms with Gasteiger partial charge >= 0.3 is 11.6 Å². The maximum atomic E-state index is 13.0. The van der Waals surface area contributed by atoms with E-state index in [4.69, 9.17) is 8.83 Å². The molecule has 2 aromatic heterocycles. The lowest BCUT2D eigenvalue weighted by molar-refractivity contribution is -0.142. The van der Waals surface area contributed by atoms with Crippen molar-refractivity contribution in [1.29, 1.82) is 0 Å². The van der Waals surface area contributed by atoms with E-state index in [0.717, 1.165) is 16.5 Å². The summed E-state index contributed by atoms with van der Waals surface area (Å²) in [5.74, 6) is -3.04. The van der Waals surface area contributed by atoms with Crippen LogP contribution in [-0.2, 0) is 32.0 Å². The Morgan fingerprint density at radius 2 is 1.63 bits per heavy atom. The van der Waals surface area contributed by atoms with Crippen molar-refractivity contribution in [3.8, 4) is 0 Å². The Kier molecular flexibility index (Phi) is 9.64. The fraction of sp³-hybridized carbons (Fsp3) is 0.344. The summed E-state index contributed by atoms with van der Waals surface area (Å²) in [4.78, 5) is 63.0. The van der Waals surface area contributed by atoms with Crippen molar-refractivity contribution in [2.24, 2.45) is 5.92 Å². The molecule has 0 fully saturated rings. The molecule has 11 nitrogen and oxygen atoms in total. The zero-order valence-corrected chi connectivity index (χ0v) is 24.5. The molecule has 4 aromatic rings. The van der Waals surface area contributed by atoms with Crippen molar-refractivity contribution < 1.29 is 33.1 Å². The number of nitrogens with one attached hydrogen (secondary N) is 3. The molecular weight excluding hydrogens is 554 g/mol. The molecule has 0 spiro atoms. The Hall–Kier alpha value is -4.93. The fourth-order valence-electron chi connectivity index (χ4n) is 4.91. The van der Waals surface area contributed by atoms with Gasteiger partial charge in [-0.2, -0.15) is 0 Å². The molecule has 0 unspecified atom stereocenters. The third kappa shape index (κ3) is 7.68. The van der Waals surface area contributed by atoms with Crippen LogP contribution in [0.2, 0.25) is 0 Å². The van der Waals surface area contributed by atoms with Crippen LogP contribution in [0.5, 0.6) is 0 Å². The number of furan rings is 1. The largest absolute Gasteiger partial charge is 0.480 e. The van der Waals surface area contributed by atoms with E-state index in [1.807, 2.05) is 32.9 Å². The predicted octanol–water partition coefficient (Wildman–Crippen LogP) is 3.16. The van der Waals surface area contributed by atoms with Gasteiger partial charge in [0.2, 0.25) is 17.7 Å². The van der Waals surface area contributed by atoms with Crippen LogP contribution >= 0.6 is 0 Å². The van der Waals surface area contributed by atoms with Crippen molar-refractivity contribution in [3.05, 3.63) is 81.4 Å². The second kappa shape index (κ2) is 13.4. The van der Waals surface area contributed by atoms with Gasteiger partial charge in [0.1, 0.15) is 23.2 Å². The van der Waals surface area contributed by atoms with E-state index >= 15 is 0 Å². The van der Waals surface area contributed by atoms with Gasteiger partial charge in [-0.1, -0.05) is 44.2 Å². The van der Waals surface area contributed by atoms with E-state index in [9.17, 15) is 29.1 Å². The minimum atomic E-state index is -1.20. The second-order valence-electron chi connectivity index (χ2n) is 11.0. The molecule has 226 valence electrons. The van der Waals surface area contributed by atoms with Gasteiger partial charge in [0, 0.05) is 23.3 Å². The molecule has 0 aliphatic carbocycles. The lowest BCUT2D eigenvalue weighted by atomic mass is 10.0. The molecule has 4 N–H and O–H groups in total. The van der Waals surface area contributed by atoms with E-state index in [1.54, 1.807) is 43.5 Å². The van der Waals surface area contributed by atoms with Gasteiger partial charge in [0.05, 0.1) is 24.8 Å². The Bertz CT molecular complexity index is 1720. The highest BCUT2D eigenvalue weighted by Gasteiger charge is 2.27. The average Bonchev–Trinajstić information content (AvgIpc) is 3.32. The maximum absolute atomic E-state index is 13.0. The molecule has 43 heavy (non-hydrogen) atoms. The van der Waals surface area contributed by atoms with Crippen LogP contribution in [0.3, 0.4) is 0 Å². The monoisotopic (exact) mass is 589 g/mol. The summed E-state index contributed by atoms with van der Waals surface area (Å²) in [5, 5.41) is 18.8. The summed E-state index contributed by atoms with van der Waals surface area (Å²) < 4.78 is 10.9. The molecule has 0 aliphatic rings. The molecule has 11 heteroatoms. The van der Waals surface area contributed by atoms with Gasteiger partial charge < -0.3 is 29.9 Å². The fourth-order valence-corrected chi connectivity index (χ4v) is 4.91. The first kappa shape index (κ1) is 31.0. The summed E-state index contributed by atoms with van der Waals surface area (Å²) >= 11 is 0. The van der Waals surface area contributed by atoms with Gasteiger partial charge in [-0.25, -0.2) is 9.59 Å². The molecule has 0 saturated heterocycles. The first-order chi connectivity index (χ1) is 20.4. The number of carbonyl (C=O) groups is 4. The van der Waals surface area contributed by atoms with Crippen molar-refractivity contribution in [2.45, 2.75) is 59.0 Å². The van der Waals surface area contributed by atoms with Gasteiger partial charge in [0.15, 0.2) is 0 Å². The number of aliphatic carboxylic acids is 1. The van der Waals surface area contributed by atoms with E-state index < -0.39 is 47.9 Å². The molecule has 0 bridgehead atoms. The minimum absolute atomic E-state index is 0.00483. The number of aryl methyl sites for hydroxylation is 2. The van der Waals surface area contributed by atoms with E-state index in [2.05, 4.69) is 16.0 Å². The number of carbonyl (C=O) groups excluding carboxylic acids is 3. The molecule has 0 radical (unpaired) electrons. The zero-order valence-electron chi connectivity index (χ0n) is 24.5. The van der Waals surface area contributed by atoms with Gasteiger partial charge in [-0.15, -0.1) is 0 Å². The summed E-state index contributed by atoms with van der Waals surface area (Å²) in [7, 11) is 0. The van der Waals surface area contributed by atoms with Gasteiger partial charge in [0.25, 0.3) is 0 Å². The lowest BCUT2D eigenvalue weighted by Gasteiger charge is -2.23. The quantitative estimate of drug-likeness (QED) is 0.183. The molecule has 2 aromatic carbocycles. The maximum Gasteiger partial charge on any atom is 0.340 e. The summed E-state index contributed by atoms with van der Waals surface area (Å²) in [6.45, 7) is 6.91. The number of hydrogen-bond donors (Lipinski definition) is 4. The molecule has 2 heterocycles. The standard InChI is InChI=1S/C32H35N3O8/c1-17(2)10-24(30(38)35-25(31(39)40)11-20-8-6-5-7-9-20)34-29(37)15-33-28(36)13-23-19(4)22-12-21-18(3)16-42-26(21)14-27(22)43-32(23)41/h5-9,12,14,16-17,24-25H,10-11,13,15H2,1-4H3,(H,33,36)(H,34,37)(H,35,38)(H,39,40)/t24-,25-/m1/s1. The zero-order chi connectivity index (χ0) is 31.3. The Balaban J connectivity index is 1.39. The first-order valence-corrected chi connectivity index (χ1v) is 14.0. The molecule has 0 aliphatic heterocycles. The van der Waals surface area contributed by atoms with Gasteiger partial charge in [-0.3, -0.25) is 14.4 Å². The molecule has 2 atom stereocenters. The highest BCUT2D eigenvalue weighted by Crippen LogP contribution is 2.28. The van der Waals surface area contributed by atoms with Crippen LogP contribution in [0, 0.1) is 19.8 Å². The lowest BCUT2D eigenvalue weighted by Crippen LogP contribution is -2.54. The number of carboxylic acid groups (broad SMARTS) is 1. The van der Waals surface area contributed by atoms with Crippen molar-refractivity contribution in [3.63, 3.8) is 0 Å². The topological polar surface area (TPSA) is 168 Å². The van der Waals surface area contributed by atoms with E-state index in [1.165, 1.54) is 0 Å². The minimum Gasteiger partial charge on any atom is -0.480 e. The van der Waals surface area contributed by atoms with Crippen LogP contribution in [-0.4, -0.2) is 47.4 Å². The van der Waals surface area contributed by atoms with Crippen LogP contribution in [0.1, 0.15) is 42.5 Å². The highest BCUT2D eigenvalue weighted by atomic mass is 16.4. The third-order valence-electron chi connectivity index (χ3n) is 7.21. The average molecular weight is 590 g/mol. The van der Waals surface area contributed by atoms with Gasteiger partial charge in [-0.05, 0) is 48.9 Å². The normalized spacial score (nSPS) is 12.7. The molecular formula is C32H35N3O8. The SMILES string of the molecule is Cc1coc2cc3oc(=O)c(CC(=O)NCC(=O)N[C@H](CC(C)C)C(=O)N[C@H](Cc4ccccc4)C(=O)O)c(C)c3cc12. The van der Waals surface area contributed by atoms with Crippen molar-refractivity contribution in [1.82, 2.24) is 16.0 Å². The Labute approximate surface area is 247 Å². The summed E-state index contributed by atoms with van der Waals surface area (Å²) in [6.07, 6.45) is 1.63. The smallest absolute Gasteiger partial charge is 0.340 e. The van der Waals surface area contributed by atoms with E-state index in [0.29, 0.717) is 22.1 Å². The third-order valence-corrected chi connectivity index (χ3v) is 7.21. The van der Waals surface area contributed by atoms with Crippen LogP contribution in [0.25, 0.3) is 21.9 Å². The van der Waals surface area contributed by atoms with Crippen LogP contribution in [0.4, 0.5) is 0 Å². The predicted molar refractivity (Wildman–Crippen MR) is 160 cm³/mol. The molecule has 3 amide bonds. The second-order valence-corrected chi connectivity index (χ2v) is 11.0. The number of hydrogen-bond acceptors (Lipinski definition) is 7. The number of fused-ring (bicyclic) bond motifs is 2. The molecule has 0 saturated carbocycles. The van der Waals surface area contributed by atoms with Crippen LogP contribution in [0.15, 0.2) is 62.4 Å². The first-order valence-electron chi connectivity index (χ1n) is 14.0. The highest BCUT2D eigenvalue weighted by molar-refractivity contribution is 5.97. The van der Waals surface area contributed by atoms with Crippen molar-refractivity contribution >= 4 is 45.6 Å². The Morgan fingerprint density at radius 3 is 2.30 bits per heavy atom. The number of rotatable bonds is 12. The van der Waals surface area contributed by atoms with Crippen molar-refractivity contribution in [2.75, 3.05) is 6.54 Å². The van der Waals surface area contributed by atoms with E-state index in [-0.39, 0.29) is 30.7 Å². The molecule has 4 rings (SSSR count). The number of benzene rings is 2. The summed E-state index contributed by atoms with van der Waals surface area (Å²) in [6, 6.07) is 10.2. The van der Waals surface area contributed by atoms with Crippen LogP contribution < -0.4 is 21.6 Å².